The van der Waals surface area contributed by atoms with Crippen molar-refractivity contribution < 1.29 is 19.3 Å². The van der Waals surface area contributed by atoms with Gasteiger partial charge in [-0.1, -0.05) is 36.4 Å². The molecule has 1 atom stereocenters. The Kier molecular flexibility index (Phi) is 3.47. The zero-order valence-electron chi connectivity index (χ0n) is 12.0. The molecule has 0 saturated carbocycles. The first kappa shape index (κ1) is 14.0. The molecular formula is C17H15N2O3+. The molecule has 0 fully saturated rings. The van der Waals surface area contributed by atoms with Gasteiger partial charge in [-0.3, -0.25) is 9.59 Å². The fourth-order valence-electron chi connectivity index (χ4n) is 2.63. The second-order valence-corrected chi connectivity index (χ2v) is 5.02. The van der Waals surface area contributed by atoms with Crippen LogP contribution in [0.1, 0.15) is 18.7 Å². The number of pyridine rings is 1. The van der Waals surface area contributed by atoms with Crippen molar-refractivity contribution in [3.8, 4) is 0 Å². The Labute approximate surface area is 127 Å². The van der Waals surface area contributed by atoms with Crippen LogP contribution in [-0.2, 0) is 9.59 Å². The summed E-state index contributed by atoms with van der Waals surface area (Å²) in [5.74, 6) is -1.02. The standard InChI is InChI=1S/C17H14N2O3/c1-12(20)19-16(18-10-6-3-7-11-18)15(21)14(17(19)22)13-8-4-2-5-9-13/h2-11,16H,1H3/p+1. The van der Waals surface area contributed by atoms with Crippen molar-refractivity contribution in [1.82, 2.24) is 4.90 Å². The fraction of sp³-hybridized carbons (Fsp3) is 0.118. The maximum absolute atomic E-state index is 12.6. The van der Waals surface area contributed by atoms with Gasteiger partial charge < -0.3 is 5.11 Å². The molecule has 5 heteroatoms. The molecule has 0 bridgehead atoms. The molecule has 5 nitrogen and oxygen atoms in total. The summed E-state index contributed by atoms with van der Waals surface area (Å²) in [5, 5.41) is 10.6. The maximum Gasteiger partial charge on any atom is 0.301 e. The summed E-state index contributed by atoms with van der Waals surface area (Å²) < 4.78 is 1.63. The van der Waals surface area contributed by atoms with Crippen LogP contribution in [0, 0.1) is 0 Å². The number of benzene rings is 1. The first-order chi connectivity index (χ1) is 10.6. The predicted octanol–water partition coefficient (Wildman–Crippen LogP) is 1.83. The van der Waals surface area contributed by atoms with Crippen molar-refractivity contribution in [1.29, 1.82) is 0 Å². The molecule has 1 aliphatic rings. The average molecular weight is 295 g/mol. The molecule has 1 N–H and O–H groups in total. The number of imide groups is 1. The minimum absolute atomic E-state index is 0.123. The summed E-state index contributed by atoms with van der Waals surface area (Å²) in [6.45, 7) is 1.32. The van der Waals surface area contributed by atoms with Gasteiger partial charge in [0, 0.05) is 19.1 Å². The summed E-state index contributed by atoms with van der Waals surface area (Å²) in [6.07, 6.45) is 2.57. The first-order valence-electron chi connectivity index (χ1n) is 6.89. The number of rotatable bonds is 2. The van der Waals surface area contributed by atoms with Crippen LogP contribution in [0.5, 0.6) is 0 Å². The van der Waals surface area contributed by atoms with E-state index >= 15 is 0 Å². The topological polar surface area (TPSA) is 61.5 Å². The number of nitrogens with zero attached hydrogens (tertiary/aromatic N) is 2. The smallest absolute Gasteiger partial charge is 0.301 e. The Morgan fingerprint density at radius 3 is 2.27 bits per heavy atom. The quantitative estimate of drug-likeness (QED) is 0.860. The van der Waals surface area contributed by atoms with E-state index in [-0.39, 0.29) is 11.3 Å². The van der Waals surface area contributed by atoms with Crippen molar-refractivity contribution in [2.75, 3.05) is 0 Å². The average Bonchev–Trinajstić information content (AvgIpc) is 2.80. The van der Waals surface area contributed by atoms with E-state index < -0.39 is 18.0 Å². The number of amides is 2. The molecule has 2 aromatic rings. The van der Waals surface area contributed by atoms with Gasteiger partial charge in [0.05, 0.1) is 5.57 Å². The van der Waals surface area contributed by atoms with E-state index in [1.165, 1.54) is 6.92 Å². The van der Waals surface area contributed by atoms with Gasteiger partial charge in [0.15, 0.2) is 18.2 Å². The molecule has 1 aromatic heterocycles. The third-order valence-corrected chi connectivity index (χ3v) is 3.60. The molecule has 1 unspecified atom stereocenters. The number of carbonyl (C=O) groups excluding carboxylic acids is 2. The minimum atomic E-state index is -0.846. The first-order valence-corrected chi connectivity index (χ1v) is 6.89. The lowest BCUT2D eigenvalue weighted by molar-refractivity contribution is -0.730. The molecule has 0 saturated heterocycles. The Morgan fingerprint density at radius 2 is 1.68 bits per heavy atom. The van der Waals surface area contributed by atoms with Crippen LogP contribution in [0.3, 0.4) is 0 Å². The summed E-state index contributed by atoms with van der Waals surface area (Å²) in [6, 6.07) is 14.2. The zero-order valence-corrected chi connectivity index (χ0v) is 12.0. The molecule has 0 radical (unpaired) electrons. The molecule has 3 rings (SSSR count). The highest BCUT2D eigenvalue weighted by Gasteiger charge is 2.48. The lowest BCUT2D eigenvalue weighted by Gasteiger charge is -2.17. The molecule has 22 heavy (non-hydrogen) atoms. The van der Waals surface area contributed by atoms with E-state index in [1.54, 1.807) is 53.4 Å². The highest BCUT2D eigenvalue weighted by atomic mass is 16.3. The van der Waals surface area contributed by atoms with E-state index in [1.807, 2.05) is 12.1 Å². The molecule has 1 aromatic carbocycles. The van der Waals surface area contributed by atoms with Crippen LogP contribution in [0.15, 0.2) is 66.7 Å². The van der Waals surface area contributed by atoms with Crippen molar-refractivity contribution >= 4 is 17.4 Å². The van der Waals surface area contributed by atoms with Gasteiger partial charge in [-0.15, -0.1) is 0 Å². The summed E-state index contributed by atoms with van der Waals surface area (Å²) in [7, 11) is 0. The third kappa shape index (κ3) is 2.16. The molecule has 2 amide bonds. The molecule has 2 heterocycles. The van der Waals surface area contributed by atoms with Gasteiger partial charge in [-0.05, 0) is 5.56 Å². The second kappa shape index (κ2) is 5.44. The highest BCUT2D eigenvalue weighted by Crippen LogP contribution is 2.34. The van der Waals surface area contributed by atoms with E-state index in [0.717, 1.165) is 4.90 Å². The second-order valence-electron chi connectivity index (χ2n) is 5.02. The van der Waals surface area contributed by atoms with Gasteiger partial charge in [-0.2, -0.15) is 4.57 Å². The number of aromatic nitrogens is 1. The van der Waals surface area contributed by atoms with Crippen molar-refractivity contribution in [3.63, 3.8) is 0 Å². The van der Waals surface area contributed by atoms with Crippen LogP contribution in [0.4, 0.5) is 0 Å². The molecule has 0 aliphatic carbocycles. The predicted molar refractivity (Wildman–Crippen MR) is 79.2 cm³/mol. The van der Waals surface area contributed by atoms with Gasteiger partial charge in [-0.25, -0.2) is 4.90 Å². The van der Waals surface area contributed by atoms with Gasteiger partial charge in [0.25, 0.3) is 5.91 Å². The maximum atomic E-state index is 12.6. The van der Waals surface area contributed by atoms with Crippen LogP contribution in [-0.4, -0.2) is 21.8 Å². The van der Waals surface area contributed by atoms with Crippen LogP contribution < -0.4 is 4.57 Å². The third-order valence-electron chi connectivity index (χ3n) is 3.60. The molecular weight excluding hydrogens is 280 g/mol. The monoisotopic (exact) mass is 295 g/mol. The lowest BCUT2D eigenvalue weighted by Crippen LogP contribution is -2.50. The highest BCUT2D eigenvalue weighted by molar-refractivity contribution is 6.26. The van der Waals surface area contributed by atoms with E-state index in [0.29, 0.717) is 5.56 Å². The van der Waals surface area contributed by atoms with E-state index in [2.05, 4.69) is 0 Å². The van der Waals surface area contributed by atoms with E-state index in [4.69, 9.17) is 0 Å². The number of hydrogen-bond acceptors (Lipinski definition) is 3. The molecule has 0 spiro atoms. The SMILES string of the molecule is CC(=O)N1C(=O)C(c2ccccc2)=C(O)C1[n+]1ccccc1. The normalized spacial score (nSPS) is 18.0. The lowest BCUT2D eigenvalue weighted by atomic mass is 10.1. The zero-order chi connectivity index (χ0) is 15.7. The van der Waals surface area contributed by atoms with Crippen LogP contribution in [0.25, 0.3) is 5.57 Å². The summed E-state index contributed by atoms with van der Waals surface area (Å²) in [4.78, 5) is 25.6. The Morgan fingerprint density at radius 1 is 1.09 bits per heavy atom. The number of aliphatic hydroxyl groups is 1. The van der Waals surface area contributed by atoms with E-state index in [9.17, 15) is 14.7 Å². The number of carbonyl (C=O) groups is 2. The van der Waals surface area contributed by atoms with Gasteiger partial charge in [0.2, 0.25) is 5.91 Å². The Balaban J connectivity index is 2.16. The Bertz CT molecular complexity index is 754. The van der Waals surface area contributed by atoms with Crippen molar-refractivity contribution in [2.45, 2.75) is 13.1 Å². The summed E-state index contributed by atoms with van der Waals surface area (Å²) in [5.41, 5.74) is 0.757. The van der Waals surface area contributed by atoms with Crippen molar-refractivity contribution in [2.24, 2.45) is 0 Å². The largest absolute Gasteiger partial charge is 0.504 e. The Hall–Kier alpha value is -2.95. The van der Waals surface area contributed by atoms with Crippen molar-refractivity contribution in [3.05, 3.63) is 72.2 Å². The number of aliphatic hydroxyl groups excluding tert-OH is 1. The fourth-order valence-corrected chi connectivity index (χ4v) is 2.63. The minimum Gasteiger partial charge on any atom is -0.504 e. The van der Waals surface area contributed by atoms with Gasteiger partial charge in [0.1, 0.15) is 0 Å². The molecule has 110 valence electrons. The van der Waals surface area contributed by atoms with Crippen LogP contribution in [0.2, 0.25) is 0 Å². The van der Waals surface area contributed by atoms with Crippen LogP contribution >= 0.6 is 0 Å². The number of hydrogen-bond donors (Lipinski definition) is 1. The summed E-state index contributed by atoms with van der Waals surface area (Å²) >= 11 is 0. The van der Waals surface area contributed by atoms with Gasteiger partial charge >= 0.3 is 6.17 Å². The molecule has 1 aliphatic heterocycles.